The van der Waals surface area contributed by atoms with Gasteiger partial charge in [-0.3, -0.25) is 0 Å². The molecule has 258 valence electrons. The topological polar surface area (TPSA) is 21.3 Å². The average Bonchev–Trinajstić information content (AvgIpc) is 3.81. The maximum absolute atomic E-state index is 6.55. The molecule has 0 spiro atoms. The van der Waals surface area contributed by atoms with Crippen LogP contribution in [0.5, 0.6) is 0 Å². The number of anilines is 3. The van der Waals surface area contributed by atoms with Crippen molar-refractivity contribution in [2.24, 2.45) is 0 Å². The van der Waals surface area contributed by atoms with E-state index in [-0.39, 0.29) is 0 Å². The molecular formula is C52H34N2O. The number of rotatable bonds is 6. The minimum atomic E-state index is 0.896. The number of furan rings is 1. The first-order valence-corrected chi connectivity index (χ1v) is 18.8. The second-order valence-corrected chi connectivity index (χ2v) is 14.1. The zero-order valence-electron chi connectivity index (χ0n) is 29.9. The van der Waals surface area contributed by atoms with Crippen molar-refractivity contribution >= 4 is 71.6 Å². The molecule has 0 fully saturated rings. The molecule has 0 bridgehead atoms. The van der Waals surface area contributed by atoms with Gasteiger partial charge in [-0.05, 0) is 82.7 Å². The lowest BCUT2D eigenvalue weighted by Crippen LogP contribution is -2.11. The first-order chi connectivity index (χ1) is 27.3. The van der Waals surface area contributed by atoms with Crippen molar-refractivity contribution in [2.45, 2.75) is 0 Å². The van der Waals surface area contributed by atoms with Gasteiger partial charge in [0.05, 0.1) is 16.7 Å². The largest absolute Gasteiger partial charge is 0.455 e. The maximum atomic E-state index is 6.55. The smallest absolute Gasteiger partial charge is 0.143 e. The molecule has 2 aromatic heterocycles. The molecule has 11 aromatic rings. The number of aromatic nitrogens is 1. The molecule has 3 nitrogen and oxygen atoms in total. The van der Waals surface area contributed by atoms with E-state index in [4.69, 9.17) is 4.42 Å². The Hall–Kier alpha value is -7.36. The van der Waals surface area contributed by atoms with Crippen molar-refractivity contribution in [3.05, 3.63) is 206 Å². The van der Waals surface area contributed by atoms with Gasteiger partial charge >= 0.3 is 0 Å². The fourth-order valence-electron chi connectivity index (χ4n) is 8.51. The molecule has 0 aliphatic heterocycles. The van der Waals surface area contributed by atoms with Gasteiger partial charge in [-0.1, -0.05) is 146 Å². The number of hydrogen-bond donors (Lipinski definition) is 0. The fraction of sp³-hybridized carbons (Fsp3) is 0. The molecule has 55 heavy (non-hydrogen) atoms. The van der Waals surface area contributed by atoms with Gasteiger partial charge in [-0.2, -0.15) is 0 Å². The number of para-hydroxylation sites is 3. The van der Waals surface area contributed by atoms with E-state index in [1.807, 2.05) is 0 Å². The predicted octanol–water partition coefficient (Wildman–Crippen LogP) is 14.6. The molecule has 2 heterocycles. The second kappa shape index (κ2) is 12.6. The Morgan fingerprint density at radius 2 is 1.04 bits per heavy atom. The lowest BCUT2D eigenvalue weighted by molar-refractivity contribution is 0.673. The molecule has 0 aliphatic carbocycles. The maximum Gasteiger partial charge on any atom is 0.143 e. The Bertz CT molecular complexity index is 3150. The summed E-state index contributed by atoms with van der Waals surface area (Å²) in [6.45, 7) is 0. The molecular weight excluding hydrogens is 669 g/mol. The highest BCUT2D eigenvalue weighted by molar-refractivity contribution is 6.19. The van der Waals surface area contributed by atoms with Crippen molar-refractivity contribution in [1.29, 1.82) is 0 Å². The molecule has 3 heteroatoms. The highest BCUT2D eigenvalue weighted by Crippen LogP contribution is 2.44. The van der Waals surface area contributed by atoms with E-state index in [9.17, 15) is 0 Å². The van der Waals surface area contributed by atoms with Crippen molar-refractivity contribution in [3.63, 3.8) is 0 Å². The lowest BCUT2D eigenvalue weighted by Gasteiger charge is -2.28. The fourth-order valence-corrected chi connectivity index (χ4v) is 8.51. The molecule has 9 aromatic carbocycles. The zero-order valence-corrected chi connectivity index (χ0v) is 29.9. The molecule has 0 aliphatic rings. The Balaban J connectivity index is 1.09. The van der Waals surface area contributed by atoms with Gasteiger partial charge in [0.15, 0.2) is 0 Å². The summed E-state index contributed by atoms with van der Waals surface area (Å²) in [5.74, 6) is 0. The van der Waals surface area contributed by atoms with E-state index in [1.54, 1.807) is 0 Å². The van der Waals surface area contributed by atoms with Crippen LogP contribution in [0.2, 0.25) is 0 Å². The summed E-state index contributed by atoms with van der Waals surface area (Å²) in [7, 11) is 0. The zero-order chi connectivity index (χ0) is 36.3. The molecule has 0 radical (unpaired) electrons. The van der Waals surface area contributed by atoms with E-state index in [1.165, 1.54) is 32.8 Å². The Labute approximate surface area is 318 Å². The minimum absolute atomic E-state index is 0.896. The van der Waals surface area contributed by atoms with Crippen LogP contribution in [0.3, 0.4) is 0 Å². The third-order valence-corrected chi connectivity index (χ3v) is 11.0. The van der Waals surface area contributed by atoms with Crippen LogP contribution >= 0.6 is 0 Å². The van der Waals surface area contributed by atoms with Gasteiger partial charge in [0.25, 0.3) is 0 Å². The summed E-state index contributed by atoms with van der Waals surface area (Å²) in [6, 6.07) is 73.9. The van der Waals surface area contributed by atoms with Crippen molar-refractivity contribution in [2.75, 3.05) is 4.90 Å². The van der Waals surface area contributed by atoms with Crippen LogP contribution in [-0.2, 0) is 0 Å². The standard InChI is InChI=1S/C52H34N2O/c1-2-14-35(15-3-1)41-19-6-9-24-47(41)53(39-17-12-18-40(34-39)54-48-25-10-7-21-44(48)45-22-8-11-26-49(45)54)38-31-28-37(29-32-38)42-23-13-27-50-51(42)46-33-30-36-16-4-5-20-43(36)52(46)55-50/h1-34H. The normalized spacial score (nSPS) is 11.6. The Kier molecular flexibility index (Phi) is 7.17. The SMILES string of the molecule is c1ccc(-c2ccccc2N(c2ccc(-c3cccc4oc5c6ccccc6ccc5c34)cc2)c2cccc(-n3c4ccccc4c4ccccc43)c2)cc1. The summed E-state index contributed by atoms with van der Waals surface area (Å²) in [6.07, 6.45) is 0. The monoisotopic (exact) mass is 702 g/mol. The van der Waals surface area contributed by atoms with Crippen molar-refractivity contribution in [3.8, 4) is 27.9 Å². The van der Waals surface area contributed by atoms with E-state index in [0.29, 0.717) is 0 Å². The van der Waals surface area contributed by atoms with Crippen LogP contribution in [-0.4, -0.2) is 4.57 Å². The van der Waals surface area contributed by atoms with Gasteiger partial charge in [0, 0.05) is 49.6 Å². The number of benzene rings is 9. The molecule has 0 saturated heterocycles. The van der Waals surface area contributed by atoms with Gasteiger partial charge in [-0.15, -0.1) is 0 Å². The average molecular weight is 703 g/mol. The summed E-state index contributed by atoms with van der Waals surface area (Å²) < 4.78 is 8.93. The summed E-state index contributed by atoms with van der Waals surface area (Å²) >= 11 is 0. The van der Waals surface area contributed by atoms with E-state index < -0.39 is 0 Å². The van der Waals surface area contributed by atoms with E-state index in [0.717, 1.165) is 66.8 Å². The molecule has 0 amide bonds. The summed E-state index contributed by atoms with van der Waals surface area (Å²) in [4.78, 5) is 2.39. The van der Waals surface area contributed by atoms with Crippen LogP contribution in [0.25, 0.3) is 82.5 Å². The predicted molar refractivity (Wildman–Crippen MR) is 231 cm³/mol. The van der Waals surface area contributed by atoms with Crippen LogP contribution in [0.4, 0.5) is 17.1 Å². The Morgan fingerprint density at radius 1 is 0.400 bits per heavy atom. The molecule has 0 saturated carbocycles. The lowest BCUT2D eigenvalue weighted by atomic mass is 9.97. The first kappa shape index (κ1) is 31.2. The van der Waals surface area contributed by atoms with Gasteiger partial charge < -0.3 is 13.9 Å². The highest BCUT2D eigenvalue weighted by atomic mass is 16.3. The van der Waals surface area contributed by atoms with Crippen LogP contribution in [0.1, 0.15) is 0 Å². The minimum Gasteiger partial charge on any atom is -0.455 e. The third kappa shape index (κ3) is 5.05. The van der Waals surface area contributed by atoms with Gasteiger partial charge in [0.2, 0.25) is 0 Å². The molecule has 11 rings (SSSR count). The number of fused-ring (bicyclic) bond motifs is 8. The quantitative estimate of drug-likeness (QED) is 0.172. The van der Waals surface area contributed by atoms with Crippen LogP contribution < -0.4 is 4.90 Å². The van der Waals surface area contributed by atoms with Crippen molar-refractivity contribution < 1.29 is 4.42 Å². The molecule has 0 atom stereocenters. The Morgan fingerprint density at radius 3 is 1.84 bits per heavy atom. The summed E-state index contributed by atoms with van der Waals surface area (Å²) in [5, 5.41) is 7.08. The first-order valence-electron chi connectivity index (χ1n) is 18.8. The second-order valence-electron chi connectivity index (χ2n) is 14.1. The van der Waals surface area contributed by atoms with E-state index >= 15 is 0 Å². The van der Waals surface area contributed by atoms with Crippen LogP contribution in [0, 0.1) is 0 Å². The van der Waals surface area contributed by atoms with Crippen molar-refractivity contribution in [1.82, 2.24) is 4.57 Å². The molecule has 0 N–H and O–H groups in total. The number of nitrogens with zero attached hydrogens (tertiary/aromatic N) is 2. The summed E-state index contributed by atoms with van der Waals surface area (Å²) in [5.41, 5.74) is 13.2. The van der Waals surface area contributed by atoms with E-state index in [2.05, 4.69) is 216 Å². The molecule has 0 unspecified atom stereocenters. The van der Waals surface area contributed by atoms with Gasteiger partial charge in [-0.25, -0.2) is 0 Å². The van der Waals surface area contributed by atoms with Gasteiger partial charge in [0.1, 0.15) is 11.2 Å². The highest BCUT2D eigenvalue weighted by Gasteiger charge is 2.20. The van der Waals surface area contributed by atoms with Crippen LogP contribution in [0.15, 0.2) is 211 Å². The number of hydrogen-bond acceptors (Lipinski definition) is 2. The third-order valence-electron chi connectivity index (χ3n) is 11.0.